The molecule has 0 heterocycles. The summed E-state index contributed by atoms with van der Waals surface area (Å²) in [6, 6.07) is 4.70. The number of aliphatic carboxylic acids is 1. The molecule has 0 spiro atoms. The largest absolute Gasteiger partial charge is 0.481 e. The highest BCUT2D eigenvalue weighted by atomic mass is 79.9. The molecule has 1 saturated carbocycles. The third kappa shape index (κ3) is 4.27. The summed E-state index contributed by atoms with van der Waals surface area (Å²) in [5.74, 6) is -1.01. The molecule has 0 bridgehead atoms. The summed E-state index contributed by atoms with van der Waals surface area (Å²) in [5.41, 5.74) is 0.985. The first-order valence-electron chi connectivity index (χ1n) is 7.40. The number of carboxylic acids is 1. The normalized spacial score (nSPS) is 23.8. The minimum Gasteiger partial charge on any atom is -0.481 e. The molecule has 3 unspecified atom stereocenters. The van der Waals surface area contributed by atoms with Gasteiger partial charge in [-0.25, -0.2) is 4.39 Å². The lowest BCUT2D eigenvalue weighted by atomic mass is 9.79. The van der Waals surface area contributed by atoms with Crippen molar-refractivity contribution in [3.05, 3.63) is 34.1 Å². The molecule has 0 aromatic heterocycles. The summed E-state index contributed by atoms with van der Waals surface area (Å²) in [6.07, 6.45) is 3.84. The quantitative estimate of drug-likeness (QED) is 0.832. The van der Waals surface area contributed by atoms with Gasteiger partial charge >= 0.3 is 5.97 Å². The van der Waals surface area contributed by atoms with Gasteiger partial charge in [-0.2, -0.15) is 0 Å². The second-order valence-electron chi connectivity index (χ2n) is 5.79. The zero-order chi connectivity index (χ0) is 15.4. The Balaban J connectivity index is 1.96. The van der Waals surface area contributed by atoms with E-state index < -0.39 is 5.97 Å². The highest BCUT2D eigenvalue weighted by Crippen LogP contribution is 2.31. The minimum atomic E-state index is -0.683. The molecule has 2 N–H and O–H groups in total. The van der Waals surface area contributed by atoms with Crippen LogP contribution in [0.1, 0.15) is 44.2 Å². The Morgan fingerprint density at radius 1 is 1.48 bits per heavy atom. The zero-order valence-electron chi connectivity index (χ0n) is 12.1. The third-order valence-electron chi connectivity index (χ3n) is 4.34. The molecule has 3 nitrogen and oxygen atoms in total. The number of carbonyl (C=O) groups is 1. The maximum absolute atomic E-state index is 13.1. The van der Waals surface area contributed by atoms with Gasteiger partial charge in [0.2, 0.25) is 0 Å². The van der Waals surface area contributed by atoms with Gasteiger partial charge in [0.1, 0.15) is 5.82 Å². The summed E-state index contributed by atoms with van der Waals surface area (Å²) in [5, 5.41) is 12.7. The predicted molar refractivity (Wildman–Crippen MR) is 83.6 cm³/mol. The Hall–Kier alpha value is -0.940. The Labute approximate surface area is 133 Å². The van der Waals surface area contributed by atoms with Crippen molar-refractivity contribution in [1.82, 2.24) is 5.32 Å². The van der Waals surface area contributed by atoms with E-state index in [1.807, 2.05) is 6.92 Å². The van der Waals surface area contributed by atoms with E-state index in [1.165, 1.54) is 12.1 Å². The van der Waals surface area contributed by atoms with Crippen molar-refractivity contribution < 1.29 is 14.3 Å². The molecular formula is C16H21BrFNO2. The fraction of sp³-hybridized carbons (Fsp3) is 0.562. The van der Waals surface area contributed by atoms with Crippen molar-refractivity contribution in [2.24, 2.45) is 11.8 Å². The van der Waals surface area contributed by atoms with Crippen LogP contribution < -0.4 is 5.32 Å². The topological polar surface area (TPSA) is 49.3 Å². The number of halogens is 2. The van der Waals surface area contributed by atoms with Gasteiger partial charge in [-0.1, -0.05) is 34.8 Å². The van der Waals surface area contributed by atoms with Crippen LogP contribution in [0.3, 0.4) is 0 Å². The van der Waals surface area contributed by atoms with Crippen LogP contribution in [0.5, 0.6) is 0 Å². The SMILES string of the molecule is CC(NCC1CCCCC1C(=O)O)c1ccc(F)cc1Br. The molecule has 21 heavy (non-hydrogen) atoms. The van der Waals surface area contributed by atoms with Crippen molar-refractivity contribution in [2.45, 2.75) is 38.6 Å². The first-order valence-corrected chi connectivity index (χ1v) is 8.19. The maximum Gasteiger partial charge on any atom is 0.306 e. The molecule has 116 valence electrons. The Morgan fingerprint density at radius 2 is 2.19 bits per heavy atom. The Bertz CT molecular complexity index is 509. The first-order chi connectivity index (χ1) is 9.99. The molecule has 0 amide bonds. The van der Waals surface area contributed by atoms with Crippen molar-refractivity contribution >= 4 is 21.9 Å². The predicted octanol–water partition coefficient (Wildman–Crippen LogP) is 4.13. The van der Waals surface area contributed by atoms with Crippen molar-refractivity contribution in [3.63, 3.8) is 0 Å². The zero-order valence-corrected chi connectivity index (χ0v) is 13.7. The Kier molecular flexibility index (Phi) is 5.76. The van der Waals surface area contributed by atoms with Gasteiger partial charge in [0.15, 0.2) is 0 Å². The highest BCUT2D eigenvalue weighted by molar-refractivity contribution is 9.10. The average Bonchev–Trinajstić information content (AvgIpc) is 2.45. The van der Waals surface area contributed by atoms with Crippen LogP contribution >= 0.6 is 15.9 Å². The van der Waals surface area contributed by atoms with E-state index in [-0.39, 0.29) is 23.7 Å². The smallest absolute Gasteiger partial charge is 0.306 e. The summed E-state index contributed by atoms with van der Waals surface area (Å²) < 4.78 is 13.8. The van der Waals surface area contributed by atoms with E-state index in [1.54, 1.807) is 6.07 Å². The number of hydrogen-bond acceptors (Lipinski definition) is 2. The van der Waals surface area contributed by atoms with E-state index in [2.05, 4.69) is 21.2 Å². The van der Waals surface area contributed by atoms with Gasteiger partial charge < -0.3 is 10.4 Å². The second-order valence-corrected chi connectivity index (χ2v) is 6.64. The third-order valence-corrected chi connectivity index (χ3v) is 5.03. The monoisotopic (exact) mass is 357 g/mol. The molecule has 0 saturated heterocycles. The molecule has 1 aromatic rings. The van der Waals surface area contributed by atoms with Gasteiger partial charge in [0.25, 0.3) is 0 Å². The van der Waals surface area contributed by atoms with Crippen LogP contribution in [0, 0.1) is 17.7 Å². The molecule has 3 atom stereocenters. The van der Waals surface area contributed by atoms with Crippen molar-refractivity contribution in [1.29, 1.82) is 0 Å². The first kappa shape index (κ1) is 16.4. The molecule has 0 aliphatic heterocycles. The summed E-state index contributed by atoms with van der Waals surface area (Å²) >= 11 is 3.37. The van der Waals surface area contributed by atoms with Crippen LogP contribution in [0.15, 0.2) is 22.7 Å². The molecular weight excluding hydrogens is 337 g/mol. The van der Waals surface area contributed by atoms with Gasteiger partial charge in [-0.3, -0.25) is 4.79 Å². The fourth-order valence-electron chi connectivity index (χ4n) is 3.07. The summed E-state index contributed by atoms with van der Waals surface area (Å²) in [7, 11) is 0. The maximum atomic E-state index is 13.1. The van der Waals surface area contributed by atoms with E-state index in [4.69, 9.17) is 0 Å². The van der Waals surface area contributed by atoms with E-state index >= 15 is 0 Å². The molecule has 1 aromatic carbocycles. The lowest BCUT2D eigenvalue weighted by molar-refractivity contribution is -0.144. The lowest BCUT2D eigenvalue weighted by Gasteiger charge is -2.30. The number of carboxylic acid groups (broad SMARTS) is 1. The summed E-state index contributed by atoms with van der Waals surface area (Å²) in [6.45, 7) is 2.69. The van der Waals surface area contributed by atoms with Crippen molar-refractivity contribution in [3.8, 4) is 0 Å². The lowest BCUT2D eigenvalue weighted by Crippen LogP contribution is -2.35. The minimum absolute atomic E-state index is 0.0522. The highest BCUT2D eigenvalue weighted by Gasteiger charge is 2.30. The van der Waals surface area contributed by atoms with Gasteiger partial charge in [-0.05, 0) is 49.9 Å². The second kappa shape index (κ2) is 7.36. The van der Waals surface area contributed by atoms with Gasteiger partial charge in [0.05, 0.1) is 5.92 Å². The number of benzene rings is 1. The van der Waals surface area contributed by atoms with Crippen LogP contribution in [-0.4, -0.2) is 17.6 Å². The van der Waals surface area contributed by atoms with Crippen LogP contribution in [-0.2, 0) is 4.79 Å². The molecule has 1 aliphatic rings. The van der Waals surface area contributed by atoms with Crippen LogP contribution in [0.4, 0.5) is 4.39 Å². The Morgan fingerprint density at radius 3 is 2.86 bits per heavy atom. The summed E-state index contributed by atoms with van der Waals surface area (Å²) in [4.78, 5) is 11.3. The molecule has 5 heteroatoms. The van der Waals surface area contributed by atoms with E-state index in [9.17, 15) is 14.3 Å². The van der Waals surface area contributed by atoms with E-state index in [0.717, 1.165) is 35.7 Å². The molecule has 2 rings (SSSR count). The molecule has 0 radical (unpaired) electrons. The van der Waals surface area contributed by atoms with Crippen LogP contribution in [0.2, 0.25) is 0 Å². The average molecular weight is 358 g/mol. The van der Waals surface area contributed by atoms with Crippen LogP contribution in [0.25, 0.3) is 0 Å². The molecule has 1 fully saturated rings. The number of hydrogen-bond donors (Lipinski definition) is 2. The fourth-order valence-corrected chi connectivity index (χ4v) is 3.76. The van der Waals surface area contributed by atoms with E-state index in [0.29, 0.717) is 6.54 Å². The standard InChI is InChI=1S/C16H21BrFNO2/c1-10(13-7-6-12(18)8-15(13)17)19-9-11-4-2-3-5-14(11)16(20)21/h6-8,10-11,14,19H,2-5,9H2,1H3,(H,20,21). The van der Waals surface area contributed by atoms with Gasteiger partial charge in [0, 0.05) is 10.5 Å². The number of rotatable bonds is 5. The van der Waals surface area contributed by atoms with Crippen molar-refractivity contribution in [2.75, 3.05) is 6.54 Å². The number of nitrogens with one attached hydrogen (secondary N) is 1. The van der Waals surface area contributed by atoms with Gasteiger partial charge in [-0.15, -0.1) is 0 Å². The molecule has 1 aliphatic carbocycles.